The van der Waals surface area contributed by atoms with Crippen LogP contribution < -0.4 is 4.90 Å². The third-order valence-corrected chi connectivity index (χ3v) is 5.88. The van der Waals surface area contributed by atoms with Gasteiger partial charge in [0.25, 0.3) is 5.91 Å². The molecule has 1 amide bonds. The number of thioether (sulfide) groups is 1. The minimum atomic E-state index is -1.30. The van der Waals surface area contributed by atoms with Crippen LogP contribution in [-0.4, -0.2) is 32.4 Å². The maximum atomic E-state index is 13.1. The minimum Gasteiger partial charge on any atom is -0.478 e. The van der Waals surface area contributed by atoms with Crippen molar-refractivity contribution in [2.45, 2.75) is 0 Å². The van der Waals surface area contributed by atoms with Gasteiger partial charge in [-0.1, -0.05) is 66.4 Å². The van der Waals surface area contributed by atoms with Crippen LogP contribution in [0.2, 0.25) is 0 Å². The van der Waals surface area contributed by atoms with Crippen molar-refractivity contribution in [3.63, 3.8) is 0 Å². The van der Waals surface area contributed by atoms with Crippen LogP contribution in [0.1, 0.15) is 26.3 Å². The molecule has 0 aromatic heterocycles. The number of hydrogen-bond acceptors (Lipinski definition) is 5. The van der Waals surface area contributed by atoms with Crippen LogP contribution in [0.25, 0.3) is 16.8 Å². The summed E-state index contributed by atoms with van der Waals surface area (Å²) in [5, 5.41) is 20.6. The Morgan fingerprint density at radius 2 is 1.57 bits per heavy atom. The largest absolute Gasteiger partial charge is 0.478 e. The predicted octanol–water partition coefficient (Wildman–Crippen LogP) is 4.64. The molecule has 1 saturated heterocycles. The first kappa shape index (κ1) is 19.8. The third kappa shape index (κ3) is 3.58. The van der Waals surface area contributed by atoms with Gasteiger partial charge >= 0.3 is 11.9 Å². The molecule has 1 heterocycles. The van der Waals surface area contributed by atoms with Crippen LogP contribution in [0.5, 0.6) is 0 Å². The number of carbonyl (C=O) groups is 3. The second-order valence-corrected chi connectivity index (χ2v) is 8.14. The van der Waals surface area contributed by atoms with Gasteiger partial charge in [-0.05, 0) is 40.6 Å². The zero-order valence-electron chi connectivity index (χ0n) is 15.2. The van der Waals surface area contributed by atoms with E-state index in [4.69, 9.17) is 12.2 Å². The van der Waals surface area contributed by atoms with Crippen molar-refractivity contribution in [2.24, 2.45) is 0 Å². The van der Waals surface area contributed by atoms with Crippen LogP contribution in [0.3, 0.4) is 0 Å². The SMILES string of the molecule is O=C(O)c1cc(C(=O)O)cc(N2C(=O)C(=Cc3cccc4ccccc34)SC2=S)c1. The van der Waals surface area contributed by atoms with Gasteiger partial charge in [0, 0.05) is 0 Å². The average molecular weight is 435 g/mol. The topological polar surface area (TPSA) is 94.9 Å². The van der Waals surface area contributed by atoms with E-state index in [-0.39, 0.29) is 21.1 Å². The number of carbonyl (C=O) groups excluding carboxylic acids is 1. The van der Waals surface area contributed by atoms with Crippen molar-refractivity contribution in [1.82, 2.24) is 0 Å². The molecule has 0 aliphatic carbocycles. The van der Waals surface area contributed by atoms with Crippen LogP contribution in [0.4, 0.5) is 5.69 Å². The molecule has 1 fully saturated rings. The molecule has 8 heteroatoms. The van der Waals surface area contributed by atoms with E-state index in [1.54, 1.807) is 6.08 Å². The van der Waals surface area contributed by atoms with Gasteiger partial charge in [-0.25, -0.2) is 9.59 Å². The van der Waals surface area contributed by atoms with Crippen molar-refractivity contribution in [3.05, 3.63) is 82.3 Å². The highest BCUT2D eigenvalue weighted by molar-refractivity contribution is 8.27. The second-order valence-electron chi connectivity index (χ2n) is 6.46. The van der Waals surface area contributed by atoms with Gasteiger partial charge < -0.3 is 10.2 Å². The molecule has 0 unspecified atom stereocenters. The lowest BCUT2D eigenvalue weighted by Gasteiger charge is -2.16. The Hall–Kier alpha value is -3.49. The summed E-state index contributed by atoms with van der Waals surface area (Å²) in [5.74, 6) is -3.02. The Balaban J connectivity index is 1.77. The normalized spacial score (nSPS) is 15.2. The quantitative estimate of drug-likeness (QED) is 0.455. The molecular formula is C22H13NO5S2. The van der Waals surface area contributed by atoms with Crippen molar-refractivity contribution in [2.75, 3.05) is 4.90 Å². The van der Waals surface area contributed by atoms with E-state index < -0.39 is 17.8 Å². The fourth-order valence-corrected chi connectivity index (χ4v) is 4.48. The molecule has 6 nitrogen and oxygen atoms in total. The summed E-state index contributed by atoms with van der Waals surface area (Å²) < 4.78 is 0.199. The Morgan fingerprint density at radius 1 is 0.933 bits per heavy atom. The number of carboxylic acids is 2. The Kier molecular flexibility index (Phi) is 5.11. The van der Waals surface area contributed by atoms with E-state index in [9.17, 15) is 24.6 Å². The van der Waals surface area contributed by atoms with Crippen molar-refractivity contribution >= 4 is 68.7 Å². The van der Waals surface area contributed by atoms with Gasteiger partial charge in [-0.15, -0.1) is 0 Å². The van der Waals surface area contributed by atoms with Crippen molar-refractivity contribution in [1.29, 1.82) is 0 Å². The molecule has 3 aromatic carbocycles. The van der Waals surface area contributed by atoms with E-state index in [0.29, 0.717) is 4.91 Å². The Bertz CT molecular complexity index is 1240. The number of carboxylic acid groups (broad SMARTS) is 2. The molecule has 30 heavy (non-hydrogen) atoms. The van der Waals surface area contributed by atoms with E-state index in [1.165, 1.54) is 12.1 Å². The minimum absolute atomic E-state index is 0.108. The summed E-state index contributed by atoms with van der Waals surface area (Å²) in [7, 11) is 0. The second kappa shape index (κ2) is 7.74. The monoisotopic (exact) mass is 435 g/mol. The maximum absolute atomic E-state index is 13.1. The number of fused-ring (bicyclic) bond motifs is 1. The summed E-state index contributed by atoms with van der Waals surface area (Å²) in [6, 6.07) is 17.0. The molecule has 148 valence electrons. The molecule has 4 rings (SSSR count). The van der Waals surface area contributed by atoms with E-state index in [2.05, 4.69) is 0 Å². The summed E-state index contributed by atoms with van der Waals surface area (Å²) in [5.41, 5.74) is 0.476. The lowest BCUT2D eigenvalue weighted by molar-refractivity contribution is -0.113. The Labute approximate surface area is 180 Å². The average Bonchev–Trinajstić information content (AvgIpc) is 3.00. The molecule has 1 aliphatic rings. The standard InChI is InChI=1S/C22H13NO5S2/c24-19-18(11-13-6-3-5-12-4-1-2-7-17(12)13)30-22(29)23(19)16-9-14(20(25)26)8-15(10-16)21(27)28/h1-11H,(H,25,26)(H,27,28). The number of aromatic carboxylic acids is 2. The fourth-order valence-electron chi connectivity index (χ4n) is 3.20. The highest BCUT2D eigenvalue weighted by Gasteiger charge is 2.34. The first-order valence-electron chi connectivity index (χ1n) is 8.72. The predicted molar refractivity (Wildman–Crippen MR) is 120 cm³/mol. The smallest absolute Gasteiger partial charge is 0.335 e. The first-order valence-corrected chi connectivity index (χ1v) is 9.95. The number of amides is 1. The molecule has 0 bridgehead atoms. The molecule has 0 radical (unpaired) electrons. The number of hydrogen-bond donors (Lipinski definition) is 2. The summed E-state index contributed by atoms with van der Waals surface area (Å²) >= 11 is 6.42. The zero-order chi connectivity index (χ0) is 21.4. The van der Waals surface area contributed by atoms with Crippen molar-refractivity contribution in [3.8, 4) is 0 Å². The zero-order valence-corrected chi connectivity index (χ0v) is 16.9. The van der Waals surface area contributed by atoms with Gasteiger partial charge in [0.05, 0.1) is 21.7 Å². The van der Waals surface area contributed by atoms with E-state index in [1.807, 2.05) is 42.5 Å². The molecule has 2 N–H and O–H groups in total. The number of rotatable bonds is 4. The first-order chi connectivity index (χ1) is 14.3. The van der Waals surface area contributed by atoms with Gasteiger partial charge in [0.2, 0.25) is 0 Å². The molecule has 1 aliphatic heterocycles. The number of nitrogens with zero attached hydrogens (tertiary/aromatic N) is 1. The highest BCUT2D eigenvalue weighted by atomic mass is 32.2. The van der Waals surface area contributed by atoms with Gasteiger partial charge in [0.1, 0.15) is 0 Å². The van der Waals surface area contributed by atoms with Gasteiger partial charge in [-0.3, -0.25) is 9.69 Å². The lowest BCUT2D eigenvalue weighted by Crippen LogP contribution is -2.28. The van der Waals surface area contributed by atoms with Crippen LogP contribution in [0.15, 0.2) is 65.6 Å². The fraction of sp³-hybridized carbons (Fsp3) is 0. The summed E-state index contributed by atoms with van der Waals surface area (Å²) in [6.07, 6.45) is 1.74. The molecule has 0 atom stereocenters. The van der Waals surface area contributed by atoms with E-state index in [0.717, 1.165) is 39.1 Å². The third-order valence-electron chi connectivity index (χ3n) is 4.57. The van der Waals surface area contributed by atoms with Gasteiger partial charge in [0.15, 0.2) is 4.32 Å². The molecule has 0 spiro atoms. The summed E-state index contributed by atoms with van der Waals surface area (Å²) in [4.78, 5) is 37.4. The lowest BCUT2D eigenvalue weighted by atomic mass is 10.0. The highest BCUT2D eigenvalue weighted by Crippen LogP contribution is 2.37. The van der Waals surface area contributed by atoms with Crippen LogP contribution in [-0.2, 0) is 4.79 Å². The van der Waals surface area contributed by atoms with Crippen LogP contribution >= 0.6 is 24.0 Å². The molecule has 3 aromatic rings. The number of thiocarbonyl (C=S) groups is 1. The van der Waals surface area contributed by atoms with Gasteiger partial charge in [-0.2, -0.15) is 0 Å². The van der Waals surface area contributed by atoms with Crippen molar-refractivity contribution < 1.29 is 24.6 Å². The van der Waals surface area contributed by atoms with E-state index >= 15 is 0 Å². The summed E-state index contributed by atoms with van der Waals surface area (Å²) in [6.45, 7) is 0. The molecule has 0 saturated carbocycles. The Morgan fingerprint density at radius 3 is 2.23 bits per heavy atom. The molecular weight excluding hydrogens is 422 g/mol. The number of benzene rings is 3. The maximum Gasteiger partial charge on any atom is 0.335 e. The number of anilines is 1. The van der Waals surface area contributed by atoms with Crippen LogP contribution in [0, 0.1) is 0 Å².